The number of hydrogen-bond donors (Lipinski definition) is 0. The fraction of sp³-hybridized carbons (Fsp3) is 0.391. The lowest BCUT2D eigenvalue weighted by molar-refractivity contribution is 0.0169. The molecule has 2 rings (SSSR count). The van der Waals surface area contributed by atoms with Gasteiger partial charge in [0.2, 0.25) is 0 Å². The summed E-state index contributed by atoms with van der Waals surface area (Å²) in [7, 11) is 0. The lowest BCUT2D eigenvalue weighted by atomic mass is 10.0. The van der Waals surface area contributed by atoms with Crippen LogP contribution in [0.15, 0.2) is 59.1 Å². The Balaban J connectivity index is 2.08. The van der Waals surface area contributed by atoms with Crippen LogP contribution in [-0.2, 0) is 4.74 Å². The van der Waals surface area contributed by atoms with Gasteiger partial charge in [0.15, 0.2) is 5.78 Å². The normalized spacial score (nSPS) is 12.3. The summed E-state index contributed by atoms with van der Waals surface area (Å²) in [5, 5.41) is 0. The second-order valence-corrected chi connectivity index (χ2v) is 8.71. The third-order valence-electron chi connectivity index (χ3n) is 4.35. The Hall–Kier alpha value is -2.14. The first-order valence-corrected chi connectivity index (χ1v) is 10.3. The molecule has 0 spiro atoms. The molecule has 0 aliphatic heterocycles. The Bertz CT molecular complexity index is 782. The van der Waals surface area contributed by atoms with Crippen LogP contribution in [0.1, 0.15) is 62.5 Å². The van der Waals surface area contributed by atoms with Gasteiger partial charge >= 0.3 is 6.09 Å². The maximum atomic E-state index is 12.8. The van der Waals surface area contributed by atoms with Crippen molar-refractivity contribution in [3.8, 4) is 0 Å². The molecular formula is C23H28BrNO3. The minimum absolute atomic E-state index is 0.0843. The summed E-state index contributed by atoms with van der Waals surface area (Å²) >= 11 is 3.44. The summed E-state index contributed by atoms with van der Waals surface area (Å²) in [5.41, 5.74) is 1.14. The van der Waals surface area contributed by atoms with Crippen molar-refractivity contribution < 1.29 is 14.3 Å². The predicted octanol–water partition coefficient (Wildman–Crippen LogP) is 6.41. The summed E-state index contributed by atoms with van der Waals surface area (Å²) in [6.45, 7) is 7.99. The van der Waals surface area contributed by atoms with E-state index < -0.39 is 5.60 Å². The van der Waals surface area contributed by atoms with E-state index in [0.717, 1.165) is 10.0 Å². The van der Waals surface area contributed by atoms with Crippen LogP contribution in [0.5, 0.6) is 0 Å². The number of benzene rings is 2. The van der Waals surface area contributed by atoms with Gasteiger partial charge in [0.05, 0.1) is 6.04 Å². The summed E-state index contributed by atoms with van der Waals surface area (Å²) in [5.74, 6) is 0.0843. The third kappa shape index (κ3) is 6.79. The van der Waals surface area contributed by atoms with Gasteiger partial charge in [-0.25, -0.2) is 4.79 Å². The quantitative estimate of drug-likeness (QED) is 0.462. The molecule has 0 saturated heterocycles. The SMILES string of the molecule is CC(c1ccc(Br)cc1)N(CCCC(=O)c1ccccc1)C(=O)OC(C)(C)C. The van der Waals surface area contributed by atoms with Gasteiger partial charge in [0, 0.05) is 23.0 Å². The van der Waals surface area contributed by atoms with Gasteiger partial charge < -0.3 is 9.64 Å². The standard InChI is InChI=1S/C23H28BrNO3/c1-17(18-12-14-20(24)15-13-18)25(22(27)28-23(2,3)4)16-8-11-21(26)19-9-6-5-7-10-19/h5-7,9-10,12-15,17H,8,11,16H2,1-4H3. The highest BCUT2D eigenvalue weighted by Gasteiger charge is 2.26. The van der Waals surface area contributed by atoms with E-state index in [9.17, 15) is 9.59 Å². The van der Waals surface area contributed by atoms with Crippen molar-refractivity contribution in [2.75, 3.05) is 6.54 Å². The zero-order valence-corrected chi connectivity index (χ0v) is 18.5. The molecule has 1 atom stereocenters. The Morgan fingerprint density at radius 1 is 1.04 bits per heavy atom. The first-order valence-electron chi connectivity index (χ1n) is 9.51. The Morgan fingerprint density at radius 3 is 2.21 bits per heavy atom. The fourth-order valence-corrected chi connectivity index (χ4v) is 3.13. The van der Waals surface area contributed by atoms with Crippen molar-refractivity contribution in [2.45, 2.75) is 52.2 Å². The molecule has 0 fully saturated rings. The van der Waals surface area contributed by atoms with Crippen molar-refractivity contribution in [3.05, 3.63) is 70.2 Å². The summed E-state index contributed by atoms with van der Waals surface area (Å²) in [4.78, 5) is 26.9. The predicted molar refractivity (Wildman–Crippen MR) is 116 cm³/mol. The van der Waals surface area contributed by atoms with Crippen LogP contribution in [0.4, 0.5) is 4.79 Å². The van der Waals surface area contributed by atoms with Crippen LogP contribution in [0.25, 0.3) is 0 Å². The second-order valence-electron chi connectivity index (χ2n) is 7.79. The molecule has 0 aliphatic carbocycles. The molecule has 4 nitrogen and oxygen atoms in total. The van der Waals surface area contributed by atoms with Crippen LogP contribution in [-0.4, -0.2) is 28.9 Å². The molecule has 0 aromatic heterocycles. The zero-order valence-electron chi connectivity index (χ0n) is 16.9. The highest BCUT2D eigenvalue weighted by Crippen LogP contribution is 2.25. The molecule has 1 unspecified atom stereocenters. The maximum absolute atomic E-state index is 12.8. The number of hydrogen-bond acceptors (Lipinski definition) is 3. The molecule has 0 radical (unpaired) electrons. The van der Waals surface area contributed by atoms with Gasteiger partial charge in [-0.2, -0.15) is 0 Å². The van der Waals surface area contributed by atoms with Crippen molar-refractivity contribution >= 4 is 27.8 Å². The van der Waals surface area contributed by atoms with Gasteiger partial charge in [-0.3, -0.25) is 4.79 Å². The van der Waals surface area contributed by atoms with Crippen molar-refractivity contribution in [1.82, 2.24) is 4.90 Å². The number of amides is 1. The number of ether oxygens (including phenoxy) is 1. The molecule has 0 bridgehead atoms. The highest BCUT2D eigenvalue weighted by molar-refractivity contribution is 9.10. The summed E-state index contributed by atoms with van der Waals surface area (Å²) in [6, 6.07) is 17.0. The average Bonchev–Trinajstić information content (AvgIpc) is 2.64. The molecule has 2 aromatic carbocycles. The van der Waals surface area contributed by atoms with Crippen LogP contribution in [0.3, 0.4) is 0 Å². The van der Waals surface area contributed by atoms with Crippen LogP contribution in [0.2, 0.25) is 0 Å². The minimum atomic E-state index is -0.575. The van der Waals surface area contributed by atoms with E-state index in [1.165, 1.54) is 0 Å². The van der Waals surface area contributed by atoms with E-state index in [4.69, 9.17) is 4.74 Å². The summed E-state index contributed by atoms with van der Waals surface area (Å²) in [6.07, 6.45) is 0.597. The molecule has 0 saturated carbocycles. The average molecular weight is 446 g/mol. The number of carbonyl (C=O) groups is 2. The lowest BCUT2D eigenvalue weighted by Crippen LogP contribution is -2.39. The van der Waals surface area contributed by atoms with E-state index in [1.54, 1.807) is 4.90 Å². The fourth-order valence-electron chi connectivity index (χ4n) is 2.86. The van der Waals surface area contributed by atoms with Gasteiger partial charge in [-0.05, 0) is 51.8 Å². The van der Waals surface area contributed by atoms with Gasteiger partial charge in [0.25, 0.3) is 0 Å². The van der Waals surface area contributed by atoms with E-state index in [1.807, 2.05) is 82.3 Å². The first-order chi connectivity index (χ1) is 13.2. The molecule has 0 aliphatic rings. The van der Waals surface area contributed by atoms with Crippen molar-refractivity contribution in [3.63, 3.8) is 0 Å². The van der Waals surface area contributed by atoms with Crippen LogP contribution < -0.4 is 0 Å². The van der Waals surface area contributed by atoms with Gasteiger partial charge in [-0.1, -0.05) is 58.4 Å². The number of carbonyl (C=O) groups excluding carboxylic acids is 2. The zero-order chi connectivity index (χ0) is 20.7. The van der Waals surface area contributed by atoms with Crippen LogP contribution in [0, 0.1) is 0 Å². The van der Waals surface area contributed by atoms with E-state index in [-0.39, 0.29) is 17.9 Å². The van der Waals surface area contributed by atoms with E-state index in [2.05, 4.69) is 15.9 Å². The number of Topliss-reactive ketones (excluding diaryl/α,β-unsaturated/α-hetero) is 1. The van der Waals surface area contributed by atoms with Gasteiger partial charge in [-0.15, -0.1) is 0 Å². The highest BCUT2D eigenvalue weighted by atomic mass is 79.9. The van der Waals surface area contributed by atoms with Crippen LogP contribution >= 0.6 is 15.9 Å². The second kappa shape index (κ2) is 9.87. The molecule has 1 amide bonds. The Kier molecular flexibility index (Phi) is 7.81. The van der Waals surface area contributed by atoms with E-state index in [0.29, 0.717) is 24.9 Å². The molecule has 2 aromatic rings. The Morgan fingerprint density at radius 2 is 1.64 bits per heavy atom. The molecule has 5 heteroatoms. The summed E-state index contributed by atoms with van der Waals surface area (Å²) < 4.78 is 6.59. The first kappa shape index (κ1) is 22.2. The molecule has 28 heavy (non-hydrogen) atoms. The number of nitrogens with zero attached hydrogens (tertiary/aromatic N) is 1. The monoisotopic (exact) mass is 445 g/mol. The molecule has 0 N–H and O–H groups in total. The molecule has 150 valence electrons. The minimum Gasteiger partial charge on any atom is -0.444 e. The number of rotatable bonds is 7. The smallest absolute Gasteiger partial charge is 0.410 e. The Labute approximate surface area is 176 Å². The maximum Gasteiger partial charge on any atom is 0.410 e. The molecular weight excluding hydrogens is 418 g/mol. The van der Waals surface area contributed by atoms with Crippen molar-refractivity contribution in [2.24, 2.45) is 0 Å². The van der Waals surface area contributed by atoms with Crippen molar-refractivity contribution in [1.29, 1.82) is 0 Å². The third-order valence-corrected chi connectivity index (χ3v) is 4.88. The largest absolute Gasteiger partial charge is 0.444 e. The molecule has 0 heterocycles. The number of halogens is 1. The number of ketones is 1. The van der Waals surface area contributed by atoms with E-state index >= 15 is 0 Å². The lowest BCUT2D eigenvalue weighted by Gasteiger charge is -2.32. The topological polar surface area (TPSA) is 46.6 Å². The van der Waals surface area contributed by atoms with Gasteiger partial charge in [0.1, 0.15) is 5.60 Å².